The number of benzene rings is 2. The second-order valence-corrected chi connectivity index (χ2v) is 12.0. The molecule has 1 aliphatic carbocycles. The highest BCUT2D eigenvalue weighted by atomic mass is 16.3. The van der Waals surface area contributed by atoms with Crippen molar-refractivity contribution in [3.05, 3.63) is 82.4 Å². The summed E-state index contributed by atoms with van der Waals surface area (Å²) in [5, 5.41) is 31.3. The maximum atomic E-state index is 13.8. The van der Waals surface area contributed by atoms with Crippen molar-refractivity contribution in [1.29, 1.82) is 0 Å². The van der Waals surface area contributed by atoms with Gasteiger partial charge in [0.1, 0.15) is 5.75 Å². The Morgan fingerprint density at radius 3 is 2.37 bits per heavy atom. The molecular formula is C34H42N2O5. The zero-order chi connectivity index (χ0) is 29.1. The number of imide groups is 1. The van der Waals surface area contributed by atoms with E-state index in [4.69, 9.17) is 0 Å². The third kappa shape index (κ3) is 6.32. The van der Waals surface area contributed by atoms with Crippen LogP contribution in [0.5, 0.6) is 5.75 Å². The first-order valence-corrected chi connectivity index (χ1v) is 14.8. The van der Waals surface area contributed by atoms with Crippen LogP contribution in [0.2, 0.25) is 0 Å². The lowest BCUT2D eigenvalue weighted by atomic mass is 9.68. The lowest BCUT2D eigenvalue weighted by molar-refractivity contribution is -0.144. The molecule has 0 bridgehead atoms. The van der Waals surface area contributed by atoms with Gasteiger partial charge in [0.15, 0.2) is 0 Å². The van der Waals surface area contributed by atoms with Crippen molar-refractivity contribution < 1.29 is 24.9 Å². The van der Waals surface area contributed by atoms with Gasteiger partial charge in [0.25, 0.3) is 0 Å². The molecule has 0 unspecified atom stereocenters. The van der Waals surface area contributed by atoms with Crippen LogP contribution in [-0.4, -0.2) is 68.8 Å². The molecule has 0 spiro atoms. The molecule has 41 heavy (non-hydrogen) atoms. The van der Waals surface area contributed by atoms with Gasteiger partial charge in [0.05, 0.1) is 24.5 Å². The summed E-state index contributed by atoms with van der Waals surface area (Å²) in [7, 11) is 0. The van der Waals surface area contributed by atoms with Crippen molar-refractivity contribution in [2.24, 2.45) is 17.8 Å². The van der Waals surface area contributed by atoms with E-state index < -0.39 is 23.9 Å². The van der Waals surface area contributed by atoms with Gasteiger partial charge in [-0.3, -0.25) is 19.4 Å². The third-order valence-electron chi connectivity index (χ3n) is 9.21. The Kier molecular flexibility index (Phi) is 9.07. The minimum atomic E-state index is -0.797. The van der Waals surface area contributed by atoms with Crippen molar-refractivity contribution in [3.63, 3.8) is 0 Å². The van der Waals surface area contributed by atoms with E-state index in [1.807, 2.05) is 50.3 Å². The Bertz CT molecular complexity index is 1290. The largest absolute Gasteiger partial charge is 0.508 e. The minimum Gasteiger partial charge on any atom is -0.508 e. The zero-order valence-corrected chi connectivity index (χ0v) is 24.1. The van der Waals surface area contributed by atoms with Gasteiger partial charge in [-0.05, 0) is 74.8 Å². The molecule has 2 amide bonds. The van der Waals surface area contributed by atoms with E-state index in [2.05, 4.69) is 17.0 Å². The maximum Gasteiger partial charge on any atom is 0.234 e. The highest BCUT2D eigenvalue weighted by Gasteiger charge is 2.56. The number of amides is 2. The Hall–Kier alpha value is -3.26. The van der Waals surface area contributed by atoms with Gasteiger partial charge in [-0.25, -0.2) is 0 Å². The van der Waals surface area contributed by atoms with Crippen LogP contribution in [0.4, 0.5) is 0 Å². The molecular weight excluding hydrogens is 516 g/mol. The molecule has 218 valence electrons. The van der Waals surface area contributed by atoms with Crippen LogP contribution in [0.3, 0.4) is 0 Å². The normalized spacial score (nSPS) is 25.1. The highest BCUT2D eigenvalue weighted by Crippen LogP contribution is 2.47. The lowest BCUT2D eigenvalue weighted by Crippen LogP contribution is -2.47. The SMILES string of the molecule is CC1=C([C@H](O)CC/C(C)=C/c2ccc(O)cc2)[C@H](CO)[C@@H]2C(=O)N(C3CCN(Cc4ccccc4)CC3)C(=O)[C@@H]2C1. The number of allylic oxidation sites excluding steroid dienone is 2. The first kappa shape index (κ1) is 29.2. The molecule has 4 atom stereocenters. The monoisotopic (exact) mass is 558 g/mol. The van der Waals surface area contributed by atoms with Crippen molar-refractivity contribution in [2.75, 3.05) is 19.7 Å². The van der Waals surface area contributed by atoms with Gasteiger partial charge < -0.3 is 15.3 Å². The molecule has 2 aromatic carbocycles. The van der Waals surface area contributed by atoms with E-state index >= 15 is 0 Å². The molecule has 2 aromatic rings. The Morgan fingerprint density at radius 1 is 1.02 bits per heavy atom. The molecule has 0 aromatic heterocycles. The second kappa shape index (κ2) is 12.7. The number of aliphatic hydroxyl groups is 2. The minimum absolute atomic E-state index is 0.111. The quantitative estimate of drug-likeness (QED) is 0.309. The van der Waals surface area contributed by atoms with Crippen molar-refractivity contribution in [2.45, 2.75) is 64.6 Å². The van der Waals surface area contributed by atoms with Crippen LogP contribution >= 0.6 is 0 Å². The fraction of sp³-hybridized carbons (Fsp3) is 0.471. The number of phenolic OH excluding ortho intramolecular Hbond substituents is 1. The molecule has 5 rings (SSSR count). The number of piperidine rings is 1. The molecule has 0 saturated carbocycles. The Labute approximate surface area is 242 Å². The fourth-order valence-corrected chi connectivity index (χ4v) is 7.13. The zero-order valence-electron chi connectivity index (χ0n) is 24.1. The molecule has 3 N–H and O–H groups in total. The van der Waals surface area contributed by atoms with Crippen LogP contribution in [0.1, 0.15) is 57.1 Å². The standard InChI is InChI=1S/C34H42N2O5/c1-22(18-24-9-11-27(38)12-10-24)8-13-30(39)31-23(2)19-28-32(29(31)21-37)34(41)36(33(28)40)26-14-16-35(17-15-26)20-25-6-4-3-5-7-25/h3-7,9-12,18,26,28-30,32,37-39H,8,13-17,19-21H2,1-2H3/b22-18+/t28-,29+,30-,32-/m1/s1. The van der Waals surface area contributed by atoms with Crippen LogP contribution < -0.4 is 0 Å². The van der Waals surface area contributed by atoms with Gasteiger partial charge in [-0.2, -0.15) is 0 Å². The van der Waals surface area contributed by atoms with Crippen LogP contribution in [-0.2, 0) is 16.1 Å². The smallest absolute Gasteiger partial charge is 0.234 e. The van der Waals surface area contributed by atoms with Crippen molar-refractivity contribution in [1.82, 2.24) is 9.80 Å². The summed E-state index contributed by atoms with van der Waals surface area (Å²) in [5.74, 6) is -1.70. The maximum absolute atomic E-state index is 13.8. The predicted octanol–water partition coefficient (Wildman–Crippen LogP) is 4.53. The number of fused-ring (bicyclic) bond motifs is 1. The average Bonchev–Trinajstić information content (AvgIpc) is 3.22. The van der Waals surface area contributed by atoms with Gasteiger partial charge >= 0.3 is 0 Å². The number of aromatic hydroxyl groups is 1. The predicted molar refractivity (Wildman–Crippen MR) is 158 cm³/mol. The lowest BCUT2D eigenvalue weighted by Gasteiger charge is -2.36. The molecule has 2 heterocycles. The number of hydrogen-bond donors (Lipinski definition) is 3. The number of aliphatic hydroxyl groups excluding tert-OH is 2. The summed E-state index contributed by atoms with van der Waals surface area (Å²) in [6.45, 7) is 6.18. The van der Waals surface area contributed by atoms with E-state index in [-0.39, 0.29) is 30.2 Å². The number of carbonyl (C=O) groups excluding carboxylic acids is 2. The average molecular weight is 559 g/mol. The fourth-order valence-electron chi connectivity index (χ4n) is 7.13. The van der Waals surface area contributed by atoms with Gasteiger partial charge in [0.2, 0.25) is 11.8 Å². The highest BCUT2D eigenvalue weighted by molar-refractivity contribution is 6.06. The summed E-state index contributed by atoms with van der Waals surface area (Å²) >= 11 is 0. The Balaban J connectivity index is 1.23. The number of phenols is 1. The van der Waals surface area contributed by atoms with Gasteiger partial charge in [-0.15, -0.1) is 0 Å². The van der Waals surface area contributed by atoms with Crippen molar-refractivity contribution >= 4 is 17.9 Å². The first-order valence-electron chi connectivity index (χ1n) is 14.8. The summed E-state index contributed by atoms with van der Waals surface area (Å²) in [4.78, 5) is 31.3. The molecule has 0 radical (unpaired) electrons. The summed E-state index contributed by atoms with van der Waals surface area (Å²) in [6.07, 6.45) is 4.29. The summed E-state index contributed by atoms with van der Waals surface area (Å²) in [6, 6.07) is 17.2. The van der Waals surface area contributed by atoms with E-state index in [0.717, 1.165) is 54.8 Å². The molecule has 3 aliphatic rings. The van der Waals surface area contributed by atoms with E-state index in [1.165, 1.54) is 10.5 Å². The summed E-state index contributed by atoms with van der Waals surface area (Å²) < 4.78 is 0. The number of hydrogen-bond acceptors (Lipinski definition) is 6. The Morgan fingerprint density at radius 2 is 1.71 bits per heavy atom. The van der Waals surface area contributed by atoms with Gasteiger partial charge in [-0.1, -0.05) is 59.7 Å². The van der Waals surface area contributed by atoms with E-state index in [1.54, 1.807) is 12.1 Å². The summed E-state index contributed by atoms with van der Waals surface area (Å²) in [5.41, 5.74) is 4.96. The van der Waals surface area contributed by atoms with E-state index in [0.29, 0.717) is 19.3 Å². The molecule has 2 saturated heterocycles. The molecule has 7 nitrogen and oxygen atoms in total. The topological polar surface area (TPSA) is 101 Å². The van der Waals surface area contributed by atoms with E-state index in [9.17, 15) is 24.9 Å². The van der Waals surface area contributed by atoms with Gasteiger partial charge in [0, 0.05) is 31.6 Å². The molecule has 2 fully saturated rings. The number of likely N-dealkylation sites (tertiary alicyclic amines) is 2. The van der Waals surface area contributed by atoms with Crippen LogP contribution in [0.25, 0.3) is 6.08 Å². The number of carbonyl (C=O) groups is 2. The third-order valence-corrected chi connectivity index (χ3v) is 9.21. The first-order chi connectivity index (χ1) is 19.8. The molecule has 7 heteroatoms. The second-order valence-electron chi connectivity index (χ2n) is 12.0. The van der Waals surface area contributed by atoms with Crippen LogP contribution in [0, 0.1) is 17.8 Å². The van der Waals surface area contributed by atoms with Crippen LogP contribution in [0.15, 0.2) is 71.3 Å². The number of rotatable bonds is 9. The molecule has 2 aliphatic heterocycles. The van der Waals surface area contributed by atoms with Crippen molar-refractivity contribution in [3.8, 4) is 5.75 Å². The number of nitrogens with zero attached hydrogens (tertiary/aromatic N) is 2.